The second kappa shape index (κ2) is 9.69. The van der Waals surface area contributed by atoms with E-state index in [-0.39, 0.29) is 29.7 Å². The molecule has 0 amide bonds. The second-order valence-corrected chi connectivity index (χ2v) is 9.23. The van der Waals surface area contributed by atoms with Crippen LogP contribution in [0.4, 0.5) is 0 Å². The minimum atomic E-state index is -3.68. The molecule has 1 aliphatic heterocycles. The molecule has 0 spiro atoms. The number of halogens is 3. The number of likely N-dealkylation sites (N-methyl/N-ethyl adjacent to an activating group) is 1. The SMILES string of the molecule is CN1CCN(Cc2cc(S(=O)(=O)n3ccc4ccccc43)ccc2Cl)CC1.Cl.Cl. The predicted molar refractivity (Wildman–Crippen MR) is 123 cm³/mol. The van der Waals surface area contributed by atoms with Gasteiger partial charge in [-0.2, -0.15) is 0 Å². The molecule has 1 aliphatic rings. The summed E-state index contributed by atoms with van der Waals surface area (Å²) in [6, 6.07) is 14.3. The zero-order valence-electron chi connectivity index (χ0n) is 16.0. The number of para-hydroxylation sites is 1. The number of hydrogen-bond acceptors (Lipinski definition) is 4. The fourth-order valence-electron chi connectivity index (χ4n) is 3.46. The predicted octanol–water partition coefficient (Wildman–Crippen LogP) is 4.12. The summed E-state index contributed by atoms with van der Waals surface area (Å²) in [6.45, 7) is 4.57. The van der Waals surface area contributed by atoms with Crippen LogP contribution in [0.5, 0.6) is 0 Å². The van der Waals surface area contributed by atoms with Crippen LogP contribution in [0, 0.1) is 0 Å². The van der Waals surface area contributed by atoms with E-state index in [4.69, 9.17) is 11.6 Å². The fraction of sp³-hybridized carbons (Fsp3) is 0.300. The summed E-state index contributed by atoms with van der Waals surface area (Å²) >= 11 is 6.38. The zero-order valence-corrected chi connectivity index (χ0v) is 19.2. The van der Waals surface area contributed by atoms with E-state index in [1.165, 1.54) is 3.97 Å². The lowest BCUT2D eigenvalue weighted by Crippen LogP contribution is -2.43. The molecular weight excluding hydrogens is 453 g/mol. The monoisotopic (exact) mass is 475 g/mol. The van der Waals surface area contributed by atoms with Crippen LogP contribution < -0.4 is 0 Å². The number of rotatable bonds is 4. The maximum Gasteiger partial charge on any atom is 0.268 e. The van der Waals surface area contributed by atoms with Gasteiger partial charge in [0.1, 0.15) is 0 Å². The van der Waals surface area contributed by atoms with E-state index in [0.717, 1.165) is 37.1 Å². The Labute approximate surface area is 189 Å². The molecule has 1 saturated heterocycles. The van der Waals surface area contributed by atoms with E-state index in [9.17, 15) is 8.42 Å². The van der Waals surface area contributed by atoms with Crippen molar-refractivity contribution in [3.63, 3.8) is 0 Å². The van der Waals surface area contributed by atoms with Gasteiger partial charge in [0.05, 0.1) is 10.4 Å². The molecule has 1 aromatic heterocycles. The lowest BCUT2D eigenvalue weighted by atomic mass is 10.2. The number of benzene rings is 2. The average molecular weight is 477 g/mol. The van der Waals surface area contributed by atoms with E-state index in [1.54, 1.807) is 24.4 Å². The molecule has 0 bridgehead atoms. The molecule has 2 heterocycles. The molecule has 1 fully saturated rings. The molecule has 5 nitrogen and oxygen atoms in total. The van der Waals surface area contributed by atoms with Crippen LogP contribution in [-0.2, 0) is 16.6 Å². The molecule has 0 saturated carbocycles. The first-order chi connectivity index (χ1) is 12.9. The third-order valence-corrected chi connectivity index (χ3v) is 7.18. The second-order valence-electron chi connectivity index (χ2n) is 7.01. The van der Waals surface area contributed by atoms with Crippen LogP contribution in [0.15, 0.2) is 59.6 Å². The van der Waals surface area contributed by atoms with Crippen molar-refractivity contribution < 1.29 is 8.42 Å². The van der Waals surface area contributed by atoms with Gasteiger partial charge in [0.15, 0.2) is 0 Å². The Balaban J connectivity index is 0.00000150. The summed E-state index contributed by atoms with van der Waals surface area (Å²) in [5.74, 6) is 0. The van der Waals surface area contributed by atoms with E-state index >= 15 is 0 Å². The van der Waals surface area contributed by atoms with Crippen LogP contribution in [0.1, 0.15) is 5.56 Å². The van der Waals surface area contributed by atoms with Gasteiger partial charge in [0.2, 0.25) is 0 Å². The molecule has 9 heteroatoms. The van der Waals surface area contributed by atoms with Crippen molar-refractivity contribution in [1.82, 2.24) is 13.8 Å². The summed E-state index contributed by atoms with van der Waals surface area (Å²) in [7, 11) is -1.57. The van der Waals surface area contributed by atoms with Crippen molar-refractivity contribution in [1.29, 1.82) is 0 Å². The Morgan fingerprint density at radius 2 is 1.66 bits per heavy atom. The molecule has 4 rings (SSSR count). The number of aromatic nitrogens is 1. The summed E-state index contributed by atoms with van der Waals surface area (Å²) in [4.78, 5) is 4.86. The molecule has 0 N–H and O–H groups in total. The van der Waals surface area contributed by atoms with Crippen molar-refractivity contribution in [2.24, 2.45) is 0 Å². The highest BCUT2D eigenvalue weighted by Crippen LogP contribution is 2.26. The lowest BCUT2D eigenvalue weighted by Gasteiger charge is -2.32. The quantitative estimate of drug-likeness (QED) is 0.568. The summed E-state index contributed by atoms with van der Waals surface area (Å²) in [6.07, 6.45) is 1.61. The van der Waals surface area contributed by atoms with Crippen molar-refractivity contribution >= 4 is 57.3 Å². The minimum absolute atomic E-state index is 0. The van der Waals surface area contributed by atoms with E-state index < -0.39 is 10.0 Å². The van der Waals surface area contributed by atoms with Gasteiger partial charge in [-0.3, -0.25) is 4.90 Å². The van der Waals surface area contributed by atoms with E-state index in [2.05, 4.69) is 16.8 Å². The molecule has 29 heavy (non-hydrogen) atoms. The van der Waals surface area contributed by atoms with Crippen LogP contribution in [0.2, 0.25) is 5.02 Å². The Kier molecular flexibility index (Phi) is 8.01. The first-order valence-corrected chi connectivity index (χ1v) is 10.8. The van der Waals surface area contributed by atoms with Gasteiger partial charge in [-0.05, 0) is 42.9 Å². The normalized spacial score (nSPS) is 15.7. The van der Waals surface area contributed by atoms with E-state index in [1.807, 2.05) is 30.3 Å². The summed E-state index contributed by atoms with van der Waals surface area (Å²) < 4.78 is 27.8. The average Bonchev–Trinajstić information content (AvgIpc) is 3.10. The van der Waals surface area contributed by atoms with E-state index in [0.29, 0.717) is 17.1 Å². The Bertz CT molecular complexity index is 1080. The van der Waals surface area contributed by atoms with Crippen molar-refractivity contribution in [2.75, 3.05) is 33.2 Å². The minimum Gasteiger partial charge on any atom is -0.304 e. The molecule has 0 aliphatic carbocycles. The third kappa shape index (κ3) is 4.90. The van der Waals surface area contributed by atoms with Crippen LogP contribution in [0.3, 0.4) is 0 Å². The molecule has 158 valence electrons. The number of fused-ring (bicyclic) bond motifs is 1. The van der Waals surface area contributed by atoms with Crippen LogP contribution in [-0.4, -0.2) is 55.4 Å². The third-order valence-electron chi connectivity index (χ3n) is 5.13. The van der Waals surface area contributed by atoms with Crippen LogP contribution >= 0.6 is 36.4 Å². The Hall–Kier alpha value is -1.28. The number of nitrogens with zero attached hydrogens (tertiary/aromatic N) is 3. The Morgan fingerprint density at radius 3 is 2.38 bits per heavy atom. The molecule has 0 atom stereocenters. The van der Waals surface area contributed by atoms with Gasteiger partial charge in [0, 0.05) is 49.3 Å². The van der Waals surface area contributed by atoms with Gasteiger partial charge >= 0.3 is 0 Å². The number of piperazine rings is 1. The maximum atomic E-state index is 13.2. The first kappa shape index (κ1) is 24.0. The molecule has 0 unspecified atom stereocenters. The zero-order chi connectivity index (χ0) is 19.0. The lowest BCUT2D eigenvalue weighted by molar-refractivity contribution is 0.148. The topological polar surface area (TPSA) is 45.6 Å². The summed E-state index contributed by atoms with van der Waals surface area (Å²) in [5.41, 5.74) is 1.52. The van der Waals surface area contributed by atoms with Gasteiger partial charge < -0.3 is 4.90 Å². The largest absolute Gasteiger partial charge is 0.304 e. The standard InChI is InChI=1S/C20H22ClN3O2S.2ClH/c1-22-10-12-23(13-11-22)15-17-14-18(6-7-19(17)21)27(25,26)24-9-8-16-4-2-3-5-20(16)24;;/h2-9,14H,10-13,15H2,1H3;2*1H. The van der Waals surface area contributed by atoms with Crippen molar-refractivity contribution in [3.8, 4) is 0 Å². The first-order valence-electron chi connectivity index (χ1n) is 8.96. The van der Waals surface area contributed by atoms with Gasteiger partial charge in [0.25, 0.3) is 10.0 Å². The highest BCUT2D eigenvalue weighted by Gasteiger charge is 2.21. The number of hydrogen-bond donors (Lipinski definition) is 0. The molecule has 0 radical (unpaired) electrons. The molecule has 3 aromatic rings. The van der Waals surface area contributed by atoms with Crippen LogP contribution in [0.25, 0.3) is 10.9 Å². The Morgan fingerprint density at radius 1 is 0.966 bits per heavy atom. The van der Waals surface area contributed by atoms with Gasteiger partial charge in [-0.1, -0.05) is 29.8 Å². The van der Waals surface area contributed by atoms with Crippen molar-refractivity contribution in [2.45, 2.75) is 11.4 Å². The van der Waals surface area contributed by atoms with Gasteiger partial charge in [-0.25, -0.2) is 12.4 Å². The maximum absolute atomic E-state index is 13.2. The van der Waals surface area contributed by atoms with Gasteiger partial charge in [-0.15, -0.1) is 24.8 Å². The molecule has 2 aromatic carbocycles. The molecular formula is C20H24Cl3N3O2S. The highest BCUT2D eigenvalue weighted by molar-refractivity contribution is 7.90. The van der Waals surface area contributed by atoms with Crippen molar-refractivity contribution in [3.05, 3.63) is 65.3 Å². The smallest absolute Gasteiger partial charge is 0.268 e. The summed E-state index contributed by atoms with van der Waals surface area (Å²) in [5, 5.41) is 1.50. The fourth-order valence-corrected chi connectivity index (χ4v) is 5.04. The highest BCUT2D eigenvalue weighted by atomic mass is 35.5.